The fraction of sp³-hybridized carbons (Fsp3) is 0.318. The largest absolute Gasteiger partial charge is 0.387 e. The van der Waals surface area contributed by atoms with E-state index in [-0.39, 0.29) is 11.3 Å². The summed E-state index contributed by atoms with van der Waals surface area (Å²) in [5, 5.41) is 28.4. The number of nitrogens with two attached hydrogens (primary N) is 1. The molecule has 11 heteroatoms. The van der Waals surface area contributed by atoms with E-state index in [1.165, 1.54) is 33.2 Å². The summed E-state index contributed by atoms with van der Waals surface area (Å²) in [6, 6.07) is 7.96. The van der Waals surface area contributed by atoms with Crippen molar-refractivity contribution < 1.29 is 19.1 Å². The summed E-state index contributed by atoms with van der Waals surface area (Å²) in [7, 11) is 0. The van der Waals surface area contributed by atoms with E-state index in [4.69, 9.17) is 11.0 Å². The van der Waals surface area contributed by atoms with Crippen molar-refractivity contribution in [1.29, 1.82) is 5.26 Å². The van der Waals surface area contributed by atoms with Crippen molar-refractivity contribution in [2.24, 2.45) is 5.73 Å². The van der Waals surface area contributed by atoms with Crippen LogP contribution in [0.25, 0.3) is 16.9 Å². The lowest BCUT2D eigenvalue weighted by molar-refractivity contribution is -0.118. The number of aromatic nitrogens is 3. The van der Waals surface area contributed by atoms with Crippen molar-refractivity contribution in [3.8, 4) is 17.5 Å². The summed E-state index contributed by atoms with van der Waals surface area (Å²) >= 11 is 0. The minimum absolute atomic E-state index is 0.0652. The summed E-state index contributed by atoms with van der Waals surface area (Å²) < 4.78 is 15.7. The van der Waals surface area contributed by atoms with E-state index in [0.29, 0.717) is 22.5 Å². The number of amides is 2. The number of fused-ring (bicyclic) bond motifs is 1. The van der Waals surface area contributed by atoms with Crippen LogP contribution in [-0.4, -0.2) is 55.9 Å². The SMILES string of the molecule is C[C@@H](Nc1cc(-c2ccc3cc(C#N)cnn23)ncc1C(=O)NC[C@@H](F)C(C)(C)O)C(N)=O. The highest BCUT2D eigenvalue weighted by Crippen LogP contribution is 2.26. The highest BCUT2D eigenvalue weighted by molar-refractivity contribution is 6.00. The van der Waals surface area contributed by atoms with E-state index < -0.39 is 36.2 Å². The predicted molar refractivity (Wildman–Crippen MR) is 119 cm³/mol. The number of rotatable bonds is 8. The third-order valence-corrected chi connectivity index (χ3v) is 5.05. The zero-order valence-electron chi connectivity index (χ0n) is 18.3. The first kappa shape index (κ1) is 23.6. The molecule has 3 rings (SSSR count). The van der Waals surface area contributed by atoms with Crippen LogP contribution in [0.15, 0.2) is 36.7 Å². The first-order chi connectivity index (χ1) is 15.5. The Bertz CT molecular complexity index is 1240. The zero-order valence-corrected chi connectivity index (χ0v) is 18.3. The number of hydrogen-bond donors (Lipinski definition) is 4. The molecule has 172 valence electrons. The lowest BCUT2D eigenvalue weighted by Gasteiger charge is -2.23. The van der Waals surface area contributed by atoms with E-state index in [9.17, 15) is 19.1 Å². The van der Waals surface area contributed by atoms with Crippen molar-refractivity contribution in [3.05, 3.63) is 47.8 Å². The Kier molecular flexibility index (Phi) is 6.60. The lowest BCUT2D eigenvalue weighted by atomic mass is 10.0. The van der Waals surface area contributed by atoms with Gasteiger partial charge in [0.15, 0.2) is 0 Å². The van der Waals surface area contributed by atoms with E-state index in [0.717, 1.165) is 0 Å². The predicted octanol–water partition coefficient (Wildman–Crippen LogP) is 1.39. The molecule has 0 saturated carbocycles. The second-order valence-electron chi connectivity index (χ2n) is 8.13. The maximum atomic E-state index is 14.1. The van der Waals surface area contributed by atoms with Crippen LogP contribution in [0.4, 0.5) is 10.1 Å². The standard InChI is InChI=1S/C22H24FN7O3/c1-12(20(25)31)29-16-7-17(18-5-4-14-6-13(8-24)9-28-30(14)18)26-10-15(16)21(32)27-11-19(23)22(2,3)33/h4-7,9-10,12,19,33H,11H2,1-3H3,(H2,25,31)(H,26,29)(H,27,32)/t12-,19-/m1/s1. The minimum atomic E-state index is -1.69. The number of carbonyl (C=O) groups excluding carboxylic acids is 2. The van der Waals surface area contributed by atoms with Crippen molar-refractivity contribution in [3.63, 3.8) is 0 Å². The van der Waals surface area contributed by atoms with Crippen LogP contribution < -0.4 is 16.4 Å². The number of halogens is 1. The van der Waals surface area contributed by atoms with Gasteiger partial charge in [0.1, 0.15) is 18.3 Å². The van der Waals surface area contributed by atoms with E-state index in [2.05, 4.69) is 20.7 Å². The van der Waals surface area contributed by atoms with Crippen LogP contribution in [0.1, 0.15) is 36.7 Å². The zero-order chi connectivity index (χ0) is 24.3. The summed E-state index contributed by atoms with van der Waals surface area (Å²) in [5.41, 5.74) is 6.15. The van der Waals surface area contributed by atoms with Gasteiger partial charge in [0, 0.05) is 6.20 Å². The molecule has 2 atom stereocenters. The van der Waals surface area contributed by atoms with E-state index in [1.54, 1.807) is 28.8 Å². The van der Waals surface area contributed by atoms with Crippen LogP contribution in [0.5, 0.6) is 0 Å². The summed E-state index contributed by atoms with van der Waals surface area (Å²) in [6.07, 6.45) is 1.02. The number of aliphatic hydroxyl groups is 1. The molecule has 0 saturated heterocycles. The van der Waals surface area contributed by atoms with Crippen molar-refractivity contribution in [2.45, 2.75) is 38.6 Å². The first-order valence-electron chi connectivity index (χ1n) is 10.1. The molecule has 0 unspecified atom stereocenters. The monoisotopic (exact) mass is 453 g/mol. The van der Waals surface area contributed by atoms with Crippen LogP contribution in [-0.2, 0) is 4.79 Å². The summed E-state index contributed by atoms with van der Waals surface area (Å²) in [6.45, 7) is 3.73. The Balaban J connectivity index is 1.98. The quantitative estimate of drug-likeness (QED) is 0.401. The van der Waals surface area contributed by atoms with Crippen LogP contribution in [0, 0.1) is 11.3 Å². The van der Waals surface area contributed by atoms with Gasteiger partial charge < -0.3 is 21.5 Å². The Morgan fingerprint density at radius 1 is 1.33 bits per heavy atom. The van der Waals surface area contributed by atoms with Gasteiger partial charge in [-0.2, -0.15) is 10.4 Å². The number of nitriles is 1. The molecule has 10 nitrogen and oxygen atoms in total. The molecule has 0 aliphatic carbocycles. The third kappa shape index (κ3) is 5.24. The third-order valence-electron chi connectivity index (χ3n) is 5.05. The molecule has 0 radical (unpaired) electrons. The molecule has 3 heterocycles. The molecule has 2 amide bonds. The molecule has 3 aromatic rings. The van der Waals surface area contributed by atoms with Gasteiger partial charge in [-0.3, -0.25) is 14.6 Å². The van der Waals surface area contributed by atoms with E-state index in [1.807, 2.05) is 6.07 Å². The molecular weight excluding hydrogens is 429 g/mol. The molecule has 0 spiro atoms. The molecule has 5 N–H and O–H groups in total. The number of alkyl halides is 1. The highest BCUT2D eigenvalue weighted by Gasteiger charge is 2.27. The first-order valence-corrected chi connectivity index (χ1v) is 10.1. The van der Waals surface area contributed by atoms with Gasteiger partial charge in [-0.15, -0.1) is 0 Å². The average Bonchev–Trinajstić information content (AvgIpc) is 3.19. The molecule has 0 bridgehead atoms. The van der Waals surface area contributed by atoms with Gasteiger partial charge in [-0.1, -0.05) is 0 Å². The van der Waals surface area contributed by atoms with Gasteiger partial charge in [0.05, 0.1) is 52.1 Å². The number of nitrogens with zero attached hydrogens (tertiary/aromatic N) is 4. The van der Waals surface area contributed by atoms with Gasteiger partial charge in [-0.25, -0.2) is 8.91 Å². The van der Waals surface area contributed by atoms with Gasteiger partial charge >= 0.3 is 0 Å². The number of hydrogen-bond acceptors (Lipinski definition) is 7. The molecule has 0 aromatic carbocycles. The lowest BCUT2D eigenvalue weighted by Crippen LogP contribution is -2.42. The minimum Gasteiger partial charge on any atom is -0.387 e. The smallest absolute Gasteiger partial charge is 0.255 e. The molecule has 0 aliphatic rings. The summed E-state index contributed by atoms with van der Waals surface area (Å²) in [5.74, 6) is -1.28. The Morgan fingerprint density at radius 3 is 2.70 bits per heavy atom. The maximum absolute atomic E-state index is 14.1. The second-order valence-corrected chi connectivity index (χ2v) is 8.13. The van der Waals surface area contributed by atoms with Crippen LogP contribution in [0.2, 0.25) is 0 Å². The maximum Gasteiger partial charge on any atom is 0.255 e. The molecule has 0 aliphatic heterocycles. The van der Waals surface area contributed by atoms with Crippen LogP contribution >= 0.6 is 0 Å². The number of pyridine rings is 1. The Hall–Kier alpha value is -4.04. The summed E-state index contributed by atoms with van der Waals surface area (Å²) in [4.78, 5) is 28.6. The Labute approximate surface area is 189 Å². The molecular formula is C22H24FN7O3. The van der Waals surface area contributed by atoms with E-state index >= 15 is 0 Å². The molecule has 0 fully saturated rings. The molecule has 33 heavy (non-hydrogen) atoms. The van der Waals surface area contributed by atoms with Gasteiger partial charge in [-0.05, 0) is 45.0 Å². The second kappa shape index (κ2) is 9.22. The number of carbonyl (C=O) groups is 2. The van der Waals surface area contributed by atoms with Gasteiger partial charge in [0.25, 0.3) is 5.91 Å². The van der Waals surface area contributed by atoms with Crippen LogP contribution in [0.3, 0.4) is 0 Å². The number of nitrogens with one attached hydrogen (secondary N) is 2. The van der Waals surface area contributed by atoms with Gasteiger partial charge in [0.2, 0.25) is 5.91 Å². The van der Waals surface area contributed by atoms with Crippen molar-refractivity contribution >= 4 is 23.0 Å². The van der Waals surface area contributed by atoms with Crippen molar-refractivity contribution in [2.75, 3.05) is 11.9 Å². The molecule has 3 aromatic heterocycles. The number of anilines is 1. The topological polar surface area (TPSA) is 158 Å². The highest BCUT2D eigenvalue weighted by atomic mass is 19.1. The number of primary amides is 1. The average molecular weight is 453 g/mol. The fourth-order valence-corrected chi connectivity index (χ4v) is 2.98. The normalized spacial score (nSPS) is 13.2. The Morgan fingerprint density at radius 2 is 2.06 bits per heavy atom. The van der Waals surface area contributed by atoms with Crippen molar-refractivity contribution in [1.82, 2.24) is 19.9 Å². The fourth-order valence-electron chi connectivity index (χ4n) is 2.98.